The van der Waals surface area contributed by atoms with Gasteiger partial charge in [-0.3, -0.25) is 4.79 Å². The van der Waals surface area contributed by atoms with E-state index in [4.69, 9.17) is 35.4 Å². The van der Waals surface area contributed by atoms with Crippen LogP contribution in [-0.2, 0) is 11.2 Å². The van der Waals surface area contributed by atoms with Crippen LogP contribution in [0.5, 0.6) is 0 Å². The van der Waals surface area contributed by atoms with Gasteiger partial charge >= 0.3 is 0 Å². The maximum atomic E-state index is 12.5. The first-order valence-corrected chi connectivity index (χ1v) is 9.59. The molecule has 138 valence electrons. The molecular formula is C20H22Cl2N2OS. The Morgan fingerprint density at radius 2 is 1.73 bits per heavy atom. The van der Waals surface area contributed by atoms with Crippen LogP contribution in [-0.4, -0.2) is 11.0 Å². The summed E-state index contributed by atoms with van der Waals surface area (Å²) in [5.74, 6) is 0.0956. The number of benzene rings is 2. The first-order valence-electron chi connectivity index (χ1n) is 8.42. The van der Waals surface area contributed by atoms with Gasteiger partial charge in [-0.1, -0.05) is 67.4 Å². The molecule has 1 amide bonds. The molecule has 0 aliphatic carbocycles. The number of anilines is 1. The number of hydrogen-bond acceptors (Lipinski definition) is 2. The van der Waals surface area contributed by atoms with Crippen LogP contribution in [0.4, 0.5) is 5.69 Å². The van der Waals surface area contributed by atoms with Gasteiger partial charge < -0.3 is 10.6 Å². The molecule has 0 saturated carbocycles. The number of rotatable bonds is 5. The van der Waals surface area contributed by atoms with E-state index in [1.54, 1.807) is 18.2 Å². The summed E-state index contributed by atoms with van der Waals surface area (Å²) in [5.41, 5.74) is 2.76. The molecule has 1 atom stereocenters. The molecule has 2 aromatic carbocycles. The zero-order valence-electron chi connectivity index (χ0n) is 15.0. The Kier molecular flexibility index (Phi) is 7.44. The summed E-state index contributed by atoms with van der Waals surface area (Å²) in [7, 11) is 0. The minimum Gasteiger partial charge on any atom is -0.331 e. The Balaban J connectivity index is 1.97. The van der Waals surface area contributed by atoms with Crippen molar-refractivity contribution in [2.75, 3.05) is 5.32 Å². The van der Waals surface area contributed by atoms with Crippen LogP contribution in [0.3, 0.4) is 0 Å². The highest BCUT2D eigenvalue weighted by Gasteiger charge is 2.17. The van der Waals surface area contributed by atoms with Gasteiger partial charge in [0, 0.05) is 0 Å². The molecule has 0 aliphatic heterocycles. The van der Waals surface area contributed by atoms with Crippen LogP contribution < -0.4 is 10.6 Å². The van der Waals surface area contributed by atoms with Crippen LogP contribution >= 0.6 is 35.4 Å². The highest BCUT2D eigenvalue weighted by atomic mass is 35.5. The minimum absolute atomic E-state index is 0.183. The predicted octanol–water partition coefficient (Wildman–Crippen LogP) is 5.81. The summed E-state index contributed by atoms with van der Waals surface area (Å²) in [6.45, 7) is 6.22. The van der Waals surface area contributed by atoms with Crippen molar-refractivity contribution in [2.24, 2.45) is 5.92 Å². The Morgan fingerprint density at radius 3 is 2.35 bits per heavy atom. The Labute approximate surface area is 170 Å². The SMILES string of the molecule is CC(C)Cc1ccc(C(C)C(=O)NC(=S)Nc2cccc(Cl)c2Cl)cc1. The fraction of sp³-hybridized carbons (Fsp3) is 0.300. The number of thiocarbonyl (C=S) groups is 1. The average Bonchev–Trinajstić information content (AvgIpc) is 2.58. The van der Waals surface area contributed by atoms with Crippen molar-refractivity contribution < 1.29 is 4.79 Å². The van der Waals surface area contributed by atoms with Gasteiger partial charge in [0.05, 0.1) is 21.7 Å². The van der Waals surface area contributed by atoms with Gasteiger partial charge in [-0.05, 0) is 54.7 Å². The van der Waals surface area contributed by atoms with E-state index in [1.165, 1.54) is 5.56 Å². The second-order valence-corrected chi connectivity index (χ2v) is 7.80. The van der Waals surface area contributed by atoms with E-state index in [9.17, 15) is 4.79 Å². The molecule has 2 N–H and O–H groups in total. The highest BCUT2D eigenvalue weighted by Crippen LogP contribution is 2.29. The second kappa shape index (κ2) is 9.36. The number of amides is 1. The third kappa shape index (κ3) is 5.70. The van der Waals surface area contributed by atoms with Crippen molar-refractivity contribution in [3.8, 4) is 0 Å². The summed E-state index contributed by atoms with van der Waals surface area (Å²) in [6, 6.07) is 13.3. The molecule has 26 heavy (non-hydrogen) atoms. The third-order valence-corrected chi connectivity index (χ3v) is 4.98. The lowest BCUT2D eigenvalue weighted by Crippen LogP contribution is -2.36. The molecule has 3 nitrogen and oxygen atoms in total. The van der Waals surface area contributed by atoms with Gasteiger partial charge in [0.25, 0.3) is 0 Å². The molecule has 2 rings (SSSR count). The number of halogens is 2. The van der Waals surface area contributed by atoms with Crippen molar-refractivity contribution in [2.45, 2.75) is 33.1 Å². The van der Waals surface area contributed by atoms with E-state index >= 15 is 0 Å². The number of nitrogens with one attached hydrogen (secondary N) is 2. The molecule has 0 saturated heterocycles. The van der Waals surface area contributed by atoms with Gasteiger partial charge in [0.2, 0.25) is 5.91 Å². The quantitative estimate of drug-likeness (QED) is 0.613. The summed E-state index contributed by atoms with van der Waals surface area (Å²) >= 11 is 17.3. The van der Waals surface area contributed by atoms with Crippen LogP contribution in [0, 0.1) is 5.92 Å². The van der Waals surface area contributed by atoms with E-state index < -0.39 is 0 Å². The number of carbonyl (C=O) groups is 1. The van der Waals surface area contributed by atoms with Crippen molar-refractivity contribution in [1.82, 2.24) is 5.32 Å². The first kappa shape index (κ1) is 20.7. The molecule has 0 fully saturated rings. The van der Waals surface area contributed by atoms with E-state index in [0.717, 1.165) is 12.0 Å². The lowest BCUT2D eigenvalue weighted by atomic mass is 9.96. The topological polar surface area (TPSA) is 41.1 Å². The molecule has 0 radical (unpaired) electrons. The van der Waals surface area contributed by atoms with Crippen LogP contribution in [0.15, 0.2) is 42.5 Å². The molecule has 0 heterocycles. The predicted molar refractivity (Wildman–Crippen MR) is 114 cm³/mol. The summed E-state index contributed by atoms with van der Waals surface area (Å²) in [4.78, 5) is 12.5. The Hall–Kier alpha value is -1.62. The van der Waals surface area contributed by atoms with Gasteiger partial charge in [0.1, 0.15) is 0 Å². The van der Waals surface area contributed by atoms with Crippen molar-refractivity contribution in [3.63, 3.8) is 0 Å². The lowest BCUT2D eigenvalue weighted by Gasteiger charge is -2.15. The lowest BCUT2D eigenvalue weighted by molar-refractivity contribution is -0.120. The second-order valence-electron chi connectivity index (χ2n) is 6.61. The van der Waals surface area contributed by atoms with Crippen LogP contribution in [0.25, 0.3) is 0 Å². The Bertz CT molecular complexity index is 791. The van der Waals surface area contributed by atoms with Crippen molar-refractivity contribution in [1.29, 1.82) is 0 Å². The van der Waals surface area contributed by atoms with Gasteiger partial charge in [-0.25, -0.2) is 0 Å². The van der Waals surface area contributed by atoms with Gasteiger partial charge in [0.15, 0.2) is 5.11 Å². The Morgan fingerprint density at radius 1 is 1.08 bits per heavy atom. The zero-order valence-corrected chi connectivity index (χ0v) is 17.3. The van der Waals surface area contributed by atoms with E-state index in [2.05, 4.69) is 36.6 Å². The largest absolute Gasteiger partial charge is 0.331 e. The van der Waals surface area contributed by atoms with Crippen molar-refractivity contribution >= 4 is 52.1 Å². The molecule has 0 aromatic heterocycles. The van der Waals surface area contributed by atoms with E-state index in [1.807, 2.05) is 19.1 Å². The monoisotopic (exact) mass is 408 g/mol. The molecule has 0 aliphatic rings. The van der Waals surface area contributed by atoms with Crippen LogP contribution in [0.1, 0.15) is 37.8 Å². The normalized spacial score (nSPS) is 11.9. The maximum Gasteiger partial charge on any atom is 0.233 e. The van der Waals surface area contributed by atoms with Crippen LogP contribution in [0.2, 0.25) is 10.0 Å². The van der Waals surface area contributed by atoms with Gasteiger partial charge in [-0.2, -0.15) is 0 Å². The maximum absolute atomic E-state index is 12.5. The van der Waals surface area contributed by atoms with E-state index in [0.29, 0.717) is 21.7 Å². The highest BCUT2D eigenvalue weighted by molar-refractivity contribution is 7.80. The molecule has 1 unspecified atom stereocenters. The zero-order chi connectivity index (χ0) is 19.3. The summed E-state index contributed by atoms with van der Waals surface area (Å²) < 4.78 is 0. The smallest absolute Gasteiger partial charge is 0.233 e. The number of carbonyl (C=O) groups excluding carboxylic acids is 1. The molecular weight excluding hydrogens is 387 g/mol. The number of hydrogen-bond donors (Lipinski definition) is 2. The van der Waals surface area contributed by atoms with Gasteiger partial charge in [-0.15, -0.1) is 0 Å². The van der Waals surface area contributed by atoms with Crippen molar-refractivity contribution in [3.05, 3.63) is 63.6 Å². The summed E-state index contributed by atoms with van der Waals surface area (Å²) in [6.07, 6.45) is 1.02. The minimum atomic E-state index is -0.322. The molecule has 0 spiro atoms. The average molecular weight is 409 g/mol. The molecule has 2 aromatic rings. The fourth-order valence-electron chi connectivity index (χ4n) is 2.54. The molecule has 0 bridgehead atoms. The first-order chi connectivity index (χ1) is 12.3. The standard InChI is InChI=1S/C20H22Cl2N2OS/c1-12(2)11-14-7-9-15(10-8-14)13(3)19(25)24-20(26)23-17-6-4-5-16(21)18(17)22/h4-10,12-13H,11H2,1-3H3,(H2,23,24,25,26). The third-order valence-electron chi connectivity index (χ3n) is 3.95. The molecule has 6 heteroatoms. The van der Waals surface area contributed by atoms with E-state index in [-0.39, 0.29) is 16.9 Å². The summed E-state index contributed by atoms with van der Waals surface area (Å²) in [5, 5.41) is 6.56. The fourth-order valence-corrected chi connectivity index (χ4v) is 3.10.